The van der Waals surface area contributed by atoms with Crippen LogP contribution in [0.1, 0.15) is 183 Å². The fraction of sp³-hybridized carbons (Fsp3) is 0.547. The van der Waals surface area contributed by atoms with Gasteiger partial charge in [0.2, 0.25) is 0 Å². The van der Waals surface area contributed by atoms with Crippen molar-refractivity contribution in [2.75, 3.05) is 7.11 Å². The van der Waals surface area contributed by atoms with Crippen molar-refractivity contribution in [1.82, 2.24) is 0 Å². The van der Waals surface area contributed by atoms with Gasteiger partial charge in [-0.05, 0) is 191 Å². The van der Waals surface area contributed by atoms with Gasteiger partial charge < -0.3 is 14.9 Å². The van der Waals surface area contributed by atoms with Crippen molar-refractivity contribution in [3.63, 3.8) is 0 Å². The third-order valence-electron chi connectivity index (χ3n) is 10.8. The van der Waals surface area contributed by atoms with Gasteiger partial charge in [-0.3, -0.25) is 0 Å². The van der Waals surface area contributed by atoms with Crippen molar-refractivity contribution in [2.24, 2.45) is 0 Å². The molecule has 0 saturated carbocycles. The molecular weight excluding hydrogens is 685 g/mol. The van der Waals surface area contributed by atoms with Crippen LogP contribution in [0.25, 0.3) is 0 Å². The van der Waals surface area contributed by atoms with Crippen molar-refractivity contribution in [3.05, 3.63) is 122 Å². The fourth-order valence-corrected chi connectivity index (χ4v) is 6.69. The quantitative estimate of drug-likeness (QED) is 0.0692. The smallest absolute Gasteiger partial charge is 0.164 e. The molecule has 3 heteroatoms. The van der Waals surface area contributed by atoms with Crippen molar-refractivity contribution in [1.29, 1.82) is 0 Å². The lowest BCUT2D eigenvalue weighted by atomic mass is 10.00. The summed E-state index contributed by atoms with van der Waals surface area (Å²) in [7, 11) is 1.50. The highest BCUT2D eigenvalue weighted by Crippen LogP contribution is 2.38. The molecule has 56 heavy (non-hydrogen) atoms. The summed E-state index contributed by atoms with van der Waals surface area (Å²) in [6, 6.07) is 1.47. The predicted octanol–water partition coefficient (Wildman–Crippen LogP) is 16.7. The number of allylic oxidation sites excluding steroid dienone is 18. The molecule has 0 bridgehead atoms. The molecule has 0 fully saturated rings. The van der Waals surface area contributed by atoms with Crippen LogP contribution in [0, 0.1) is 6.92 Å². The summed E-state index contributed by atoms with van der Waals surface area (Å²) in [5.74, 6) is 0.568. The first-order chi connectivity index (χ1) is 26.6. The van der Waals surface area contributed by atoms with Gasteiger partial charge in [-0.25, -0.2) is 0 Å². The molecule has 0 unspecified atom stereocenters. The van der Waals surface area contributed by atoms with E-state index in [4.69, 9.17) is 4.74 Å². The first-order valence-corrected chi connectivity index (χ1v) is 21.6. The Hall–Kier alpha value is -3.72. The Morgan fingerprint density at radius 1 is 0.446 bits per heavy atom. The molecule has 0 aliphatic rings. The summed E-state index contributed by atoms with van der Waals surface area (Å²) in [5.41, 5.74) is 14.6. The van der Waals surface area contributed by atoms with Gasteiger partial charge in [-0.1, -0.05) is 105 Å². The molecular formula is C53H82O3. The third kappa shape index (κ3) is 24.0. The van der Waals surface area contributed by atoms with Crippen molar-refractivity contribution in [2.45, 2.75) is 185 Å². The van der Waals surface area contributed by atoms with Gasteiger partial charge in [0.1, 0.15) is 5.75 Å². The highest BCUT2D eigenvalue weighted by Gasteiger charge is 2.14. The zero-order valence-corrected chi connectivity index (χ0v) is 38.1. The molecule has 3 nitrogen and oxygen atoms in total. The predicted molar refractivity (Wildman–Crippen MR) is 248 cm³/mol. The van der Waals surface area contributed by atoms with E-state index in [1.165, 1.54) is 82.6 Å². The van der Waals surface area contributed by atoms with Crippen molar-refractivity contribution in [3.8, 4) is 17.2 Å². The topological polar surface area (TPSA) is 49.7 Å². The molecule has 0 amide bonds. The monoisotopic (exact) mass is 767 g/mol. The standard InChI is InChI=1S/C53H82O3/c1-40(2)21-13-22-41(3)23-14-24-42(4)25-15-26-43(5)27-16-28-44(6)29-17-30-45(7)31-18-32-46(8)33-19-34-47(9)35-20-36-48(10)37-38-50-49(11)51(54)39-52(56-12)53(50)55/h21,23,25,27,29,31,33,35,37,39,54-55H,13-20,22,24,26,28,30,32,34,36,38H2,1-12H3/b41-23+,42-25+,43-27+,44-29+,45-31+,46-33+,47-35+,48-37+. The van der Waals surface area contributed by atoms with E-state index in [-0.39, 0.29) is 11.5 Å². The van der Waals surface area contributed by atoms with Crippen LogP contribution in [0.4, 0.5) is 0 Å². The first-order valence-electron chi connectivity index (χ1n) is 21.6. The molecule has 1 aromatic carbocycles. The van der Waals surface area contributed by atoms with Gasteiger partial charge >= 0.3 is 0 Å². The van der Waals surface area contributed by atoms with Crippen LogP contribution in [0.2, 0.25) is 0 Å². The summed E-state index contributed by atoms with van der Waals surface area (Å²) in [6.45, 7) is 24.3. The van der Waals surface area contributed by atoms with Crippen LogP contribution >= 0.6 is 0 Å². The van der Waals surface area contributed by atoms with E-state index in [0.717, 1.165) is 83.5 Å². The number of methoxy groups -OCH3 is 1. The van der Waals surface area contributed by atoms with Gasteiger partial charge in [-0.15, -0.1) is 0 Å². The minimum absolute atomic E-state index is 0.112. The fourth-order valence-electron chi connectivity index (χ4n) is 6.69. The van der Waals surface area contributed by atoms with E-state index >= 15 is 0 Å². The van der Waals surface area contributed by atoms with Crippen LogP contribution in [0.15, 0.2) is 111 Å². The molecule has 0 saturated heterocycles. The van der Waals surface area contributed by atoms with Crippen LogP contribution in [0.3, 0.4) is 0 Å². The Morgan fingerprint density at radius 3 is 0.982 bits per heavy atom. The first kappa shape index (κ1) is 50.3. The minimum atomic E-state index is 0.112. The zero-order valence-electron chi connectivity index (χ0n) is 38.1. The van der Waals surface area contributed by atoms with Crippen LogP contribution in [0.5, 0.6) is 17.2 Å². The molecule has 2 N–H and O–H groups in total. The SMILES string of the molecule is COc1cc(O)c(C)c(C/C=C(\C)CC/C=C(\C)CC/C=C(\C)CC/C=C(\C)CC/C=C(\C)CC/C=C(\C)CC/C=C(\C)CC/C=C(\C)CCC=C(C)C)c1O. The number of rotatable bonds is 27. The largest absolute Gasteiger partial charge is 0.508 e. The summed E-state index contributed by atoms with van der Waals surface area (Å²) in [6.07, 6.45) is 40.1. The Labute approximate surface area is 345 Å². The molecule has 0 aliphatic carbocycles. The molecule has 0 aromatic heterocycles. The highest BCUT2D eigenvalue weighted by atomic mass is 16.5. The van der Waals surface area contributed by atoms with Crippen LogP contribution in [-0.4, -0.2) is 17.3 Å². The van der Waals surface area contributed by atoms with Crippen LogP contribution in [-0.2, 0) is 6.42 Å². The van der Waals surface area contributed by atoms with Gasteiger partial charge in [-0.2, -0.15) is 0 Å². The van der Waals surface area contributed by atoms with Gasteiger partial charge in [0.05, 0.1) is 7.11 Å². The van der Waals surface area contributed by atoms with Crippen LogP contribution < -0.4 is 4.74 Å². The highest BCUT2D eigenvalue weighted by molar-refractivity contribution is 5.56. The maximum atomic E-state index is 10.5. The van der Waals surface area contributed by atoms with E-state index in [1.807, 2.05) is 6.92 Å². The lowest BCUT2D eigenvalue weighted by molar-refractivity contribution is 0.365. The number of aromatic hydroxyl groups is 2. The average Bonchev–Trinajstić information content (AvgIpc) is 3.13. The Morgan fingerprint density at radius 2 is 0.714 bits per heavy atom. The minimum Gasteiger partial charge on any atom is -0.508 e. The Bertz CT molecular complexity index is 1610. The Kier molecular flexibility index (Phi) is 26.5. The number of phenolic OH excluding ortho intramolecular Hbond substituents is 2. The summed E-state index contributed by atoms with van der Waals surface area (Å²) >= 11 is 0. The molecule has 0 spiro atoms. The van der Waals surface area contributed by atoms with E-state index in [1.54, 1.807) is 0 Å². The normalized spacial score (nSPS) is 14.1. The summed E-state index contributed by atoms with van der Waals surface area (Å²) < 4.78 is 5.20. The van der Waals surface area contributed by atoms with E-state index in [2.05, 4.69) is 124 Å². The maximum Gasteiger partial charge on any atom is 0.164 e. The number of ether oxygens (including phenoxy) is 1. The maximum absolute atomic E-state index is 10.5. The molecule has 0 heterocycles. The average molecular weight is 767 g/mol. The molecule has 1 aromatic rings. The van der Waals surface area contributed by atoms with E-state index < -0.39 is 0 Å². The second-order valence-electron chi connectivity index (χ2n) is 16.7. The molecule has 0 radical (unpaired) electrons. The molecule has 0 aliphatic heterocycles. The number of hydrogen-bond donors (Lipinski definition) is 2. The van der Waals surface area contributed by atoms with E-state index in [9.17, 15) is 10.2 Å². The molecule has 1 rings (SSSR count). The second-order valence-corrected chi connectivity index (χ2v) is 16.7. The number of phenols is 2. The van der Waals surface area contributed by atoms with Gasteiger partial charge in [0.15, 0.2) is 11.5 Å². The zero-order chi connectivity index (χ0) is 41.9. The summed E-state index contributed by atoms with van der Waals surface area (Å²) in [4.78, 5) is 0. The van der Waals surface area contributed by atoms with Crippen molar-refractivity contribution < 1.29 is 14.9 Å². The van der Waals surface area contributed by atoms with Crippen molar-refractivity contribution >= 4 is 0 Å². The van der Waals surface area contributed by atoms with Gasteiger partial charge in [0.25, 0.3) is 0 Å². The number of hydrogen-bond acceptors (Lipinski definition) is 3. The molecule has 0 atom stereocenters. The Balaban J connectivity index is 2.30. The third-order valence-corrected chi connectivity index (χ3v) is 10.8. The summed E-state index contributed by atoms with van der Waals surface area (Å²) in [5, 5.41) is 20.7. The second kappa shape index (κ2) is 29.5. The lowest BCUT2D eigenvalue weighted by Crippen LogP contribution is -1.94. The van der Waals surface area contributed by atoms with Gasteiger partial charge in [0, 0.05) is 11.6 Å². The molecule has 312 valence electrons. The lowest BCUT2D eigenvalue weighted by Gasteiger charge is -2.13. The number of benzene rings is 1. The van der Waals surface area contributed by atoms with E-state index in [0.29, 0.717) is 23.3 Å².